The fourth-order valence-corrected chi connectivity index (χ4v) is 1.89. The van der Waals surface area contributed by atoms with Gasteiger partial charge in [-0.3, -0.25) is 9.59 Å². The number of rotatable bonds is 5. The summed E-state index contributed by atoms with van der Waals surface area (Å²) >= 11 is 0. The second-order valence-corrected chi connectivity index (χ2v) is 4.02. The number of aromatic amines is 1. The molecule has 106 valence electrons. The van der Waals surface area contributed by atoms with E-state index >= 15 is 0 Å². The van der Waals surface area contributed by atoms with Crippen LogP contribution in [0.15, 0.2) is 18.2 Å². The molecular formula is C13H14N2O5. The maximum atomic E-state index is 11.8. The van der Waals surface area contributed by atoms with E-state index < -0.39 is 18.4 Å². The van der Waals surface area contributed by atoms with Gasteiger partial charge in [0, 0.05) is 5.39 Å². The van der Waals surface area contributed by atoms with Gasteiger partial charge in [0.25, 0.3) is 5.91 Å². The number of fused-ring (bicyclic) bond motifs is 1. The molecule has 0 aliphatic heterocycles. The van der Waals surface area contributed by atoms with Crippen molar-refractivity contribution in [3.05, 3.63) is 23.9 Å². The van der Waals surface area contributed by atoms with Gasteiger partial charge in [-0.15, -0.1) is 0 Å². The number of carboxylic acid groups (broad SMARTS) is 1. The molecule has 0 aliphatic rings. The minimum atomic E-state index is -1.11. The van der Waals surface area contributed by atoms with Crippen molar-refractivity contribution >= 4 is 22.8 Å². The molecule has 0 saturated heterocycles. The molecule has 0 aliphatic carbocycles. The molecule has 7 nitrogen and oxygen atoms in total. The summed E-state index contributed by atoms with van der Waals surface area (Å²) in [6, 6.07) is 5.04. The first kappa shape index (κ1) is 13.7. The molecule has 0 spiro atoms. The molecule has 2 rings (SSSR count). The number of amides is 1. The number of ether oxygens (including phenoxy) is 2. The van der Waals surface area contributed by atoms with Crippen LogP contribution in [0.5, 0.6) is 11.5 Å². The Bertz CT molecular complexity index is 621. The lowest BCUT2D eigenvalue weighted by molar-refractivity contribution is -0.135. The van der Waals surface area contributed by atoms with Crippen molar-refractivity contribution in [1.29, 1.82) is 0 Å². The lowest BCUT2D eigenvalue weighted by Crippen LogP contribution is -2.29. The van der Waals surface area contributed by atoms with Gasteiger partial charge < -0.3 is 24.9 Å². The van der Waals surface area contributed by atoms with Crippen molar-refractivity contribution in [2.24, 2.45) is 0 Å². The van der Waals surface area contributed by atoms with Crippen LogP contribution in [-0.2, 0) is 4.79 Å². The number of aliphatic carboxylic acids is 1. The topological polar surface area (TPSA) is 101 Å². The number of H-pyrrole nitrogens is 1. The minimum absolute atomic E-state index is 0.240. The molecular weight excluding hydrogens is 264 g/mol. The number of carbonyl (C=O) groups is 2. The average Bonchev–Trinajstić information content (AvgIpc) is 2.88. The fourth-order valence-electron chi connectivity index (χ4n) is 1.89. The first-order chi connectivity index (χ1) is 9.56. The quantitative estimate of drug-likeness (QED) is 0.757. The van der Waals surface area contributed by atoms with E-state index in [1.165, 1.54) is 14.2 Å². The first-order valence-corrected chi connectivity index (χ1v) is 5.80. The molecule has 1 aromatic carbocycles. The normalized spacial score (nSPS) is 10.3. The van der Waals surface area contributed by atoms with Crippen molar-refractivity contribution in [2.75, 3.05) is 20.8 Å². The van der Waals surface area contributed by atoms with Gasteiger partial charge in [-0.2, -0.15) is 0 Å². The third-order valence-electron chi connectivity index (χ3n) is 2.80. The van der Waals surface area contributed by atoms with E-state index in [2.05, 4.69) is 10.3 Å². The zero-order chi connectivity index (χ0) is 14.7. The fraction of sp³-hybridized carbons (Fsp3) is 0.231. The van der Waals surface area contributed by atoms with Crippen LogP contribution in [0.4, 0.5) is 0 Å². The highest BCUT2D eigenvalue weighted by atomic mass is 16.5. The lowest BCUT2D eigenvalue weighted by Gasteiger charge is -2.05. The zero-order valence-corrected chi connectivity index (χ0v) is 11.0. The number of carbonyl (C=O) groups excluding carboxylic acids is 1. The molecule has 0 bridgehead atoms. The number of methoxy groups -OCH3 is 2. The lowest BCUT2D eigenvalue weighted by atomic mass is 10.2. The molecule has 1 heterocycles. The third kappa shape index (κ3) is 2.51. The molecule has 0 radical (unpaired) electrons. The number of nitrogens with one attached hydrogen (secondary N) is 2. The van der Waals surface area contributed by atoms with Crippen molar-refractivity contribution in [3.63, 3.8) is 0 Å². The van der Waals surface area contributed by atoms with Crippen LogP contribution in [0.2, 0.25) is 0 Å². The predicted octanol–water partition coefficient (Wildman–Crippen LogP) is 0.999. The van der Waals surface area contributed by atoms with E-state index in [0.29, 0.717) is 22.4 Å². The van der Waals surface area contributed by atoms with Crippen LogP contribution >= 0.6 is 0 Å². The van der Waals surface area contributed by atoms with Crippen molar-refractivity contribution in [2.45, 2.75) is 0 Å². The molecule has 20 heavy (non-hydrogen) atoms. The summed E-state index contributed by atoms with van der Waals surface area (Å²) in [4.78, 5) is 25.2. The molecule has 0 atom stereocenters. The zero-order valence-electron chi connectivity index (χ0n) is 11.0. The largest absolute Gasteiger partial charge is 0.496 e. The van der Waals surface area contributed by atoms with Gasteiger partial charge in [-0.05, 0) is 18.2 Å². The van der Waals surface area contributed by atoms with Gasteiger partial charge in [-0.25, -0.2) is 0 Å². The summed E-state index contributed by atoms with van der Waals surface area (Å²) in [7, 11) is 3.05. The van der Waals surface area contributed by atoms with Gasteiger partial charge in [-0.1, -0.05) is 0 Å². The van der Waals surface area contributed by atoms with Crippen LogP contribution in [0.1, 0.15) is 10.5 Å². The van der Waals surface area contributed by atoms with Crippen molar-refractivity contribution in [1.82, 2.24) is 10.3 Å². The average molecular weight is 278 g/mol. The van der Waals surface area contributed by atoms with Gasteiger partial charge in [0.05, 0.1) is 19.7 Å². The molecule has 0 fully saturated rings. The first-order valence-electron chi connectivity index (χ1n) is 5.80. The Morgan fingerprint density at radius 2 is 1.90 bits per heavy atom. The maximum absolute atomic E-state index is 11.8. The number of aromatic nitrogens is 1. The highest BCUT2D eigenvalue weighted by Crippen LogP contribution is 2.33. The van der Waals surface area contributed by atoms with Crippen LogP contribution in [0.25, 0.3) is 10.9 Å². The van der Waals surface area contributed by atoms with Crippen LogP contribution < -0.4 is 14.8 Å². The number of carboxylic acids is 1. The van der Waals surface area contributed by atoms with Gasteiger partial charge >= 0.3 is 5.97 Å². The summed E-state index contributed by atoms with van der Waals surface area (Å²) in [5, 5.41) is 11.5. The van der Waals surface area contributed by atoms with E-state index in [0.717, 1.165) is 0 Å². The van der Waals surface area contributed by atoms with E-state index in [-0.39, 0.29) is 5.69 Å². The Kier molecular flexibility index (Phi) is 3.79. The summed E-state index contributed by atoms with van der Waals surface area (Å²) in [6.45, 7) is -0.442. The smallest absolute Gasteiger partial charge is 0.322 e. The summed E-state index contributed by atoms with van der Waals surface area (Å²) < 4.78 is 10.4. The molecule has 3 N–H and O–H groups in total. The monoisotopic (exact) mass is 278 g/mol. The third-order valence-corrected chi connectivity index (χ3v) is 2.80. The van der Waals surface area contributed by atoms with Crippen molar-refractivity contribution in [3.8, 4) is 11.5 Å². The second-order valence-electron chi connectivity index (χ2n) is 4.02. The van der Waals surface area contributed by atoms with Crippen molar-refractivity contribution < 1.29 is 24.2 Å². The SMILES string of the molecule is COc1ccc(OC)c2[nH]c(C(=O)NCC(=O)O)cc12. The predicted molar refractivity (Wildman–Crippen MR) is 71.4 cm³/mol. The second kappa shape index (κ2) is 5.52. The molecule has 2 aromatic rings. The standard InChI is InChI=1S/C13H14N2O5/c1-19-9-3-4-10(20-2)12-7(9)5-8(15-12)13(18)14-6-11(16)17/h3-5,15H,6H2,1-2H3,(H,14,18)(H,16,17). The summed E-state index contributed by atoms with van der Waals surface area (Å²) in [5.74, 6) is -0.454. The van der Waals surface area contributed by atoms with Crippen LogP contribution in [-0.4, -0.2) is 42.7 Å². The Balaban J connectivity index is 2.41. The van der Waals surface area contributed by atoms with Gasteiger partial charge in [0.1, 0.15) is 23.7 Å². The maximum Gasteiger partial charge on any atom is 0.322 e. The Morgan fingerprint density at radius 1 is 1.25 bits per heavy atom. The molecule has 0 unspecified atom stereocenters. The number of hydrogen-bond donors (Lipinski definition) is 3. The highest BCUT2D eigenvalue weighted by molar-refractivity contribution is 6.02. The molecule has 1 aromatic heterocycles. The molecule has 1 amide bonds. The number of benzene rings is 1. The Labute approximate surface area is 114 Å². The van der Waals surface area contributed by atoms with E-state index in [1.807, 2.05) is 0 Å². The van der Waals surface area contributed by atoms with E-state index in [4.69, 9.17) is 14.6 Å². The van der Waals surface area contributed by atoms with Gasteiger partial charge in [0.15, 0.2) is 0 Å². The molecule has 7 heteroatoms. The molecule has 0 saturated carbocycles. The summed E-state index contributed by atoms with van der Waals surface area (Å²) in [5.41, 5.74) is 0.858. The summed E-state index contributed by atoms with van der Waals surface area (Å²) in [6.07, 6.45) is 0. The van der Waals surface area contributed by atoms with E-state index in [9.17, 15) is 9.59 Å². The minimum Gasteiger partial charge on any atom is -0.496 e. The van der Waals surface area contributed by atoms with Crippen LogP contribution in [0, 0.1) is 0 Å². The Hall–Kier alpha value is -2.70. The highest BCUT2D eigenvalue weighted by Gasteiger charge is 2.15. The van der Waals surface area contributed by atoms with E-state index in [1.54, 1.807) is 18.2 Å². The Morgan fingerprint density at radius 3 is 2.50 bits per heavy atom. The van der Waals surface area contributed by atoms with Gasteiger partial charge in [0.2, 0.25) is 0 Å². The van der Waals surface area contributed by atoms with Crippen LogP contribution in [0.3, 0.4) is 0 Å². The number of hydrogen-bond acceptors (Lipinski definition) is 4.